The molecule has 1 amide bonds. The predicted octanol–water partition coefficient (Wildman–Crippen LogP) is 3.53. The molecule has 4 rings (SSSR count). The monoisotopic (exact) mass is 329 g/mol. The molecule has 23 heavy (non-hydrogen) atoms. The van der Waals surface area contributed by atoms with Crippen LogP contribution in [0.25, 0.3) is 10.2 Å². The SMILES string of the molecule is O=C1CCCCN1CC1CCN(c2nc3ccccc3s2)CC1. The summed E-state index contributed by atoms with van der Waals surface area (Å²) in [5, 5.41) is 1.15. The molecule has 4 nitrogen and oxygen atoms in total. The van der Waals surface area contributed by atoms with Gasteiger partial charge in [0.05, 0.1) is 10.2 Å². The fourth-order valence-electron chi connectivity index (χ4n) is 3.67. The number of piperidine rings is 2. The minimum atomic E-state index is 0.366. The van der Waals surface area contributed by atoms with E-state index >= 15 is 0 Å². The molecule has 0 bridgehead atoms. The lowest BCUT2D eigenvalue weighted by atomic mass is 9.95. The van der Waals surface area contributed by atoms with Crippen LogP contribution < -0.4 is 4.90 Å². The zero-order chi connectivity index (χ0) is 15.6. The molecule has 2 saturated heterocycles. The smallest absolute Gasteiger partial charge is 0.222 e. The van der Waals surface area contributed by atoms with Gasteiger partial charge in [0.15, 0.2) is 5.13 Å². The molecule has 0 atom stereocenters. The Morgan fingerprint density at radius 3 is 2.74 bits per heavy atom. The Bertz CT molecular complexity index is 657. The van der Waals surface area contributed by atoms with Gasteiger partial charge in [-0.1, -0.05) is 23.5 Å². The molecule has 122 valence electrons. The van der Waals surface area contributed by atoms with E-state index in [1.54, 1.807) is 11.3 Å². The normalized spacial score (nSPS) is 20.4. The minimum Gasteiger partial charge on any atom is -0.348 e. The van der Waals surface area contributed by atoms with E-state index < -0.39 is 0 Å². The van der Waals surface area contributed by atoms with Gasteiger partial charge in [0.25, 0.3) is 0 Å². The van der Waals surface area contributed by atoms with Crippen LogP contribution >= 0.6 is 11.3 Å². The summed E-state index contributed by atoms with van der Waals surface area (Å²) in [6.45, 7) is 4.06. The van der Waals surface area contributed by atoms with Crippen molar-refractivity contribution < 1.29 is 4.79 Å². The highest BCUT2D eigenvalue weighted by Crippen LogP contribution is 2.31. The second-order valence-electron chi connectivity index (χ2n) is 6.69. The van der Waals surface area contributed by atoms with Gasteiger partial charge in [-0.2, -0.15) is 0 Å². The topological polar surface area (TPSA) is 36.4 Å². The average Bonchev–Trinajstić information content (AvgIpc) is 3.02. The third-order valence-corrected chi connectivity index (χ3v) is 6.16. The number of nitrogens with zero attached hydrogens (tertiary/aromatic N) is 3. The number of thiazole rings is 1. The number of hydrogen-bond donors (Lipinski definition) is 0. The Balaban J connectivity index is 1.36. The van der Waals surface area contributed by atoms with E-state index in [-0.39, 0.29) is 0 Å². The van der Waals surface area contributed by atoms with Crippen LogP contribution in [-0.2, 0) is 4.79 Å². The summed E-state index contributed by atoms with van der Waals surface area (Å²) >= 11 is 1.79. The fourth-order valence-corrected chi connectivity index (χ4v) is 4.69. The predicted molar refractivity (Wildman–Crippen MR) is 95.0 cm³/mol. The molecule has 1 aromatic carbocycles. The summed E-state index contributed by atoms with van der Waals surface area (Å²) in [5.41, 5.74) is 1.11. The number of likely N-dealkylation sites (tertiary alicyclic amines) is 1. The summed E-state index contributed by atoms with van der Waals surface area (Å²) in [6.07, 6.45) is 5.34. The zero-order valence-corrected chi connectivity index (χ0v) is 14.2. The maximum atomic E-state index is 12.0. The van der Waals surface area contributed by atoms with E-state index in [1.807, 2.05) is 6.07 Å². The van der Waals surface area contributed by atoms with E-state index in [4.69, 9.17) is 4.98 Å². The lowest BCUT2D eigenvalue weighted by Gasteiger charge is -2.36. The molecule has 0 aliphatic carbocycles. The summed E-state index contributed by atoms with van der Waals surface area (Å²) in [7, 11) is 0. The summed E-state index contributed by atoms with van der Waals surface area (Å²) in [4.78, 5) is 21.2. The van der Waals surface area contributed by atoms with Gasteiger partial charge in [0.2, 0.25) is 5.91 Å². The lowest BCUT2D eigenvalue weighted by Crippen LogP contribution is -2.42. The van der Waals surface area contributed by atoms with Crippen molar-refractivity contribution in [3.05, 3.63) is 24.3 Å². The highest BCUT2D eigenvalue weighted by Gasteiger charge is 2.26. The molecule has 2 fully saturated rings. The summed E-state index contributed by atoms with van der Waals surface area (Å²) in [6, 6.07) is 8.36. The van der Waals surface area contributed by atoms with E-state index in [0.717, 1.165) is 49.7 Å². The number of fused-ring (bicyclic) bond motifs is 1. The molecule has 0 spiro atoms. The second kappa shape index (κ2) is 6.48. The number of hydrogen-bond acceptors (Lipinski definition) is 4. The van der Waals surface area contributed by atoms with Crippen LogP contribution in [-0.4, -0.2) is 42.0 Å². The summed E-state index contributed by atoms with van der Waals surface area (Å²) < 4.78 is 1.27. The van der Waals surface area contributed by atoms with Crippen molar-refractivity contribution in [2.45, 2.75) is 32.1 Å². The first-order valence-corrected chi connectivity index (χ1v) is 9.49. The first-order valence-electron chi connectivity index (χ1n) is 8.68. The van der Waals surface area contributed by atoms with Crippen molar-refractivity contribution >= 4 is 32.6 Å². The highest BCUT2D eigenvalue weighted by atomic mass is 32.1. The molecular formula is C18H23N3OS. The molecule has 0 radical (unpaired) electrons. The molecule has 3 heterocycles. The number of aromatic nitrogens is 1. The molecule has 5 heteroatoms. The lowest BCUT2D eigenvalue weighted by molar-refractivity contribution is -0.134. The van der Waals surface area contributed by atoms with Gasteiger partial charge in [0.1, 0.15) is 0 Å². The third kappa shape index (κ3) is 3.20. The van der Waals surface area contributed by atoms with Crippen LogP contribution in [0.2, 0.25) is 0 Å². The van der Waals surface area contributed by atoms with Crippen molar-refractivity contribution in [3.63, 3.8) is 0 Å². The number of para-hydroxylation sites is 1. The molecule has 0 N–H and O–H groups in total. The van der Waals surface area contributed by atoms with Crippen molar-refractivity contribution in [3.8, 4) is 0 Å². The van der Waals surface area contributed by atoms with Crippen molar-refractivity contribution in [1.29, 1.82) is 0 Å². The van der Waals surface area contributed by atoms with Gasteiger partial charge < -0.3 is 9.80 Å². The Hall–Kier alpha value is -1.62. The second-order valence-corrected chi connectivity index (χ2v) is 7.70. The standard InChI is InChI=1S/C18H23N3OS/c22-17-7-3-4-10-21(17)13-14-8-11-20(12-9-14)18-19-15-5-1-2-6-16(15)23-18/h1-2,5-6,14H,3-4,7-13H2. The Kier molecular flexibility index (Phi) is 4.21. The van der Waals surface area contributed by atoms with Crippen molar-refractivity contribution in [2.75, 3.05) is 31.1 Å². The Morgan fingerprint density at radius 1 is 1.13 bits per heavy atom. The number of rotatable bonds is 3. The molecular weight excluding hydrogens is 306 g/mol. The van der Waals surface area contributed by atoms with E-state index in [2.05, 4.69) is 28.0 Å². The van der Waals surface area contributed by atoms with Gasteiger partial charge in [-0.15, -0.1) is 0 Å². The Morgan fingerprint density at radius 2 is 1.96 bits per heavy atom. The van der Waals surface area contributed by atoms with Crippen LogP contribution in [0.1, 0.15) is 32.1 Å². The maximum Gasteiger partial charge on any atom is 0.222 e. The van der Waals surface area contributed by atoms with Crippen LogP contribution in [0.15, 0.2) is 24.3 Å². The van der Waals surface area contributed by atoms with Gasteiger partial charge in [-0.3, -0.25) is 4.79 Å². The number of carbonyl (C=O) groups is 1. The molecule has 0 unspecified atom stereocenters. The van der Waals surface area contributed by atoms with Crippen molar-refractivity contribution in [2.24, 2.45) is 5.92 Å². The van der Waals surface area contributed by atoms with Crippen LogP contribution in [0.3, 0.4) is 0 Å². The van der Waals surface area contributed by atoms with Gasteiger partial charge in [0, 0.05) is 32.6 Å². The van der Waals surface area contributed by atoms with Crippen LogP contribution in [0.4, 0.5) is 5.13 Å². The molecule has 2 aromatic rings. The van der Waals surface area contributed by atoms with Crippen LogP contribution in [0.5, 0.6) is 0 Å². The number of amides is 1. The van der Waals surface area contributed by atoms with E-state index in [0.29, 0.717) is 11.8 Å². The quantitative estimate of drug-likeness (QED) is 0.864. The number of benzene rings is 1. The molecule has 2 aliphatic heterocycles. The first kappa shape index (κ1) is 14.9. The van der Waals surface area contributed by atoms with Gasteiger partial charge in [-0.05, 0) is 43.7 Å². The average molecular weight is 329 g/mol. The third-order valence-electron chi connectivity index (χ3n) is 5.07. The molecule has 2 aliphatic rings. The maximum absolute atomic E-state index is 12.0. The minimum absolute atomic E-state index is 0.366. The first-order chi connectivity index (χ1) is 11.3. The van der Waals surface area contributed by atoms with Gasteiger partial charge >= 0.3 is 0 Å². The van der Waals surface area contributed by atoms with Gasteiger partial charge in [-0.25, -0.2) is 4.98 Å². The number of carbonyl (C=O) groups excluding carboxylic acids is 1. The summed E-state index contributed by atoms with van der Waals surface area (Å²) in [5.74, 6) is 1.02. The number of anilines is 1. The fraction of sp³-hybridized carbons (Fsp3) is 0.556. The van der Waals surface area contributed by atoms with Crippen LogP contribution in [0, 0.1) is 5.92 Å². The van der Waals surface area contributed by atoms with E-state index in [1.165, 1.54) is 24.0 Å². The van der Waals surface area contributed by atoms with E-state index in [9.17, 15) is 4.79 Å². The highest BCUT2D eigenvalue weighted by molar-refractivity contribution is 7.22. The Labute approximate surface area is 141 Å². The largest absolute Gasteiger partial charge is 0.348 e. The molecule has 0 saturated carbocycles. The molecule has 1 aromatic heterocycles. The van der Waals surface area contributed by atoms with Crippen molar-refractivity contribution in [1.82, 2.24) is 9.88 Å². The zero-order valence-electron chi connectivity index (χ0n) is 13.4.